The molecule has 1 saturated heterocycles. The van der Waals surface area contributed by atoms with Crippen molar-refractivity contribution < 1.29 is 9.90 Å². The minimum Gasteiger partial charge on any atom is -0.480 e. The first-order valence-corrected chi connectivity index (χ1v) is 7.22. The summed E-state index contributed by atoms with van der Waals surface area (Å²) in [5, 5.41) is 9.04. The molecule has 110 valence electrons. The van der Waals surface area contributed by atoms with Crippen molar-refractivity contribution in [1.82, 2.24) is 9.80 Å². The molecule has 1 unspecified atom stereocenters. The van der Waals surface area contributed by atoms with E-state index in [9.17, 15) is 4.79 Å². The summed E-state index contributed by atoms with van der Waals surface area (Å²) in [4.78, 5) is 15.4. The van der Waals surface area contributed by atoms with Crippen LogP contribution in [0.3, 0.4) is 0 Å². The van der Waals surface area contributed by atoms with Crippen molar-refractivity contribution in [2.45, 2.75) is 33.4 Å². The molecule has 2 rings (SSSR count). The first-order chi connectivity index (χ1) is 9.47. The van der Waals surface area contributed by atoms with Crippen LogP contribution in [0.25, 0.3) is 0 Å². The molecule has 1 aromatic rings. The SMILES string of the molecule is Cc1ccc(CN2CCN(C(C)C(=O)O)CC2)cc1C. The van der Waals surface area contributed by atoms with Crippen LogP contribution in [0.1, 0.15) is 23.6 Å². The topological polar surface area (TPSA) is 43.8 Å². The van der Waals surface area contributed by atoms with Crippen LogP contribution in [0.2, 0.25) is 0 Å². The molecule has 1 aliphatic rings. The van der Waals surface area contributed by atoms with Crippen LogP contribution in [0, 0.1) is 13.8 Å². The van der Waals surface area contributed by atoms with Gasteiger partial charge in [-0.2, -0.15) is 0 Å². The third kappa shape index (κ3) is 3.58. The van der Waals surface area contributed by atoms with E-state index in [1.165, 1.54) is 16.7 Å². The molecule has 0 spiro atoms. The van der Waals surface area contributed by atoms with Gasteiger partial charge in [0.15, 0.2) is 0 Å². The van der Waals surface area contributed by atoms with Crippen molar-refractivity contribution in [3.63, 3.8) is 0 Å². The average molecular weight is 276 g/mol. The van der Waals surface area contributed by atoms with Gasteiger partial charge >= 0.3 is 5.97 Å². The molecule has 20 heavy (non-hydrogen) atoms. The highest BCUT2D eigenvalue weighted by molar-refractivity contribution is 5.72. The second-order valence-corrected chi connectivity index (χ2v) is 5.74. The largest absolute Gasteiger partial charge is 0.480 e. The Labute approximate surface area is 121 Å². The van der Waals surface area contributed by atoms with E-state index in [2.05, 4.69) is 36.9 Å². The van der Waals surface area contributed by atoms with Gasteiger partial charge in [0.1, 0.15) is 6.04 Å². The fraction of sp³-hybridized carbons (Fsp3) is 0.562. The van der Waals surface area contributed by atoms with Gasteiger partial charge in [0, 0.05) is 32.7 Å². The van der Waals surface area contributed by atoms with E-state index in [0.717, 1.165) is 32.7 Å². The number of rotatable bonds is 4. The number of aryl methyl sites for hydroxylation is 2. The zero-order valence-electron chi connectivity index (χ0n) is 12.6. The molecule has 0 aromatic heterocycles. The Balaban J connectivity index is 1.88. The molecule has 4 heteroatoms. The van der Waals surface area contributed by atoms with Gasteiger partial charge in [0.2, 0.25) is 0 Å². The van der Waals surface area contributed by atoms with Gasteiger partial charge in [-0.3, -0.25) is 14.6 Å². The van der Waals surface area contributed by atoms with Gasteiger partial charge in [-0.05, 0) is 37.5 Å². The molecule has 0 aliphatic carbocycles. The highest BCUT2D eigenvalue weighted by atomic mass is 16.4. The Morgan fingerprint density at radius 3 is 2.40 bits per heavy atom. The molecule has 1 N–H and O–H groups in total. The molecular formula is C16H24N2O2. The summed E-state index contributed by atoms with van der Waals surface area (Å²) in [6.45, 7) is 10.5. The third-order valence-electron chi connectivity index (χ3n) is 4.29. The van der Waals surface area contributed by atoms with Crippen LogP contribution >= 0.6 is 0 Å². The maximum absolute atomic E-state index is 11.0. The van der Waals surface area contributed by atoms with Crippen molar-refractivity contribution in [3.05, 3.63) is 34.9 Å². The lowest BCUT2D eigenvalue weighted by Crippen LogP contribution is -2.51. The monoisotopic (exact) mass is 276 g/mol. The molecule has 1 aromatic carbocycles. The molecule has 0 saturated carbocycles. The lowest BCUT2D eigenvalue weighted by molar-refractivity contribution is -0.143. The zero-order valence-corrected chi connectivity index (χ0v) is 12.6. The Kier molecular flexibility index (Phi) is 4.78. The minimum absolute atomic E-state index is 0.376. The lowest BCUT2D eigenvalue weighted by atomic mass is 10.1. The summed E-state index contributed by atoms with van der Waals surface area (Å²) >= 11 is 0. The second-order valence-electron chi connectivity index (χ2n) is 5.74. The van der Waals surface area contributed by atoms with Crippen molar-refractivity contribution in [2.75, 3.05) is 26.2 Å². The number of nitrogens with zero attached hydrogens (tertiary/aromatic N) is 2. The quantitative estimate of drug-likeness (QED) is 0.912. The molecule has 1 heterocycles. The van der Waals surface area contributed by atoms with Crippen molar-refractivity contribution in [3.8, 4) is 0 Å². The van der Waals surface area contributed by atoms with Gasteiger partial charge in [-0.15, -0.1) is 0 Å². The predicted octanol–water partition coefficient (Wildman–Crippen LogP) is 1.89. The second kappa shape index (κ2) is 6.37. The van der Waals surface area contributed by atoms with Crippen molar-refractivity contribution in [2.24, 2.45) is 0 Å². The molecule has 0 amide bonds. The Morgan fingerprint density at radius 2 is 1.85 bits per heavy atom. The fourth-order valence-electron chi connectivity index (χ4n) is 2.63. The van der Waals surface area contributed by atoms with Crippen LogP contribution in [0.4, 0.5) is 0 Å². The first kappa shape index (κ1) is 15.0. The summed E-state index contributed by atoms with van der Waals surface area (Å²) in [6, 6.07) is 6.24. The van der Waals surface area contributed by atoms with Gasteiger partial charge in [0.05, 0.1) is 0 Å². The molecule has 4 nitrogen and oxygen atoms in total. The molecule has 1 fully saturated rings. The van der Waals surface area contributed by atoms with E-state index in [-0.39, 0.29) is 6.04 Å². The Hall–Kier alpha value is -1.39. The number of benzene rings is 1. The molecular weight excluding hydrogens is 252 g/mol. The van der Waals surface area contributed by atoms with Crippen molar-refractivity contribution >= 4 is 5.97 Å². The Bertz CT molecular complexity index is 479. The molecule has 1 atom stereocenters. The van der Waals surface area contributed by atoms with E-state index in [4.69, 9.17) is 5.11 Å². The summed E-state index contributed by atoms with van der Waals surface area (Å²) in [6.07, 6.45) is 0. The number of hydrogen-bond donors (Lipinski definition) is 1. The number of hydrogen-bond acceptors (Lipinski definition) is 3. The normalized spacial score (nSPS) is 18.9. The van der Waals surface area contributed by atoms with Gasteiger partial charge in [-0.1, -0.05) is 18.2 Å². The van der Waals surface area contributed by atoms with Crippen LogP contribution in [0.15, 0.2) is 18.2 Å². The van der Waals surface area contributed by atoms with Crippen LogP contribution in [-0.4, -0.2) is 53.1 Å². The van der Waals surface area contributed by atoms with E-state index < -0.39 is 5.97 Å². The smallest absolute Gasteiger partial charge is 0.320 e. The maximum atomic E-state index is 11.0. The fourth-order valence-corrected chi connectivity index (χ4v) is 2.63. The van der Waals surface area contributed by atoms with Gasteiger partial charge in [-0.25, -0.2) is 0 Å². The summed E-state index contributed by atoms with van der Waals surface area (Å²) in [5.41, 5.74) is 4.00. The van der Waals surface area contributed by atoms with E-state index in [1.54, 1.807) is 6.92 Å². The molecule has 1 aliphatic heterocycles. The lowest BCUT2D eigenvalue weighted by Gasteiger charge is -2.36. The van der Waals surface area contributed by atoms with E-state index >= 15 is 0 Å². The number of carboxylic acids is 1. The van der Waals surface area contributed by atoms with Crippen LogP contribution in [0.5, 0.6) is 0 Å². The number of carboxylic acid groups (broad SMARTS) is 1. The minimum atomic E-state index is -0.729. The number of piperazine rings is 1. The maximum Gasteiger partial charge on any atom is 0.320 e. The van der Waals surface area contributed by atoms with Crippen LogP contribution < -0.4 is 0 Å². The number of aliphatic carboxylic acids is 1. The summed E-state index contributed by atoms with van der Waals surface area (Å²) in [5.74, 6) is -0.729. The predicted molar refractivity (Wildman–Crippen MR) is 79.9 cm³/mol. The first-order valence-electron chi connectivity index (χ1n) is 7.22. The summed E-state index contributed by atoms with van der Waals surface area (Å²) < 4.78 is 0. The Morgan fingerprint density at radius 1 is 1.20 bits per heavy atom. The van der Waals surface area contributed by atoms with E-state index in [1.807, 2.05) is 4.90 Å². The standard InChI is InChI=1S/C16H24N2O2/c1-12-4-5-15(10-13(12)2)11-17-6-8-18(9-7-17)14(3)16(19)20/h4-5,10,14H,6-9,11H2,1-3H3,(H,19,20). The molecule has 0 bridgehead atoms. The number of carbonyl (C=O) groups is 1. The average Bonchev–Trinajstić information content (AvgIpc) is 2.43. The molecule has 0 radical (unpaired) electrons. The highest BCUT2D eigenvalue weighted by Gasteiger charge is 2.24. The highest BCUT2D eigenvalue weighted by Crippen LogP contribution is 2.14. The van der Waals surface area contributed by atoms with E-state index in [0.29, 0.717) is 0 Å². The zero-order chi connectivity index (χ0) is 14.7. The van der Waals surface area contributed by atoms with Crippen LogP contribution in [-0.2, 0) is 11.3 Å². The van der Waals surface area contributed by atoms with Gasteiger partial charge < -0.3 is 5.11 Å². The summed E-state index contributed by atoms with van der Waals surface area (Å²) in [7, 11) is 0. The van der Waals surface area contributed by atoms with Gasteiger partial charge in [0.25, 0.3) is 0 Å². The van der Waals surface area contributed by atoms with Crippen molar-refractivity contribution in [1.29, 1.82) is 0 Å². The third-order valence-corrected chi connectivity index (χ3v) is 4.29.